The zero-order valence-electron chi connectivity index (χ0n) is 10.00. The number of esters is 1. The topological polar surface area (TPSA) is 110 Å². The summed E-state index contributed by atoms with van der Waals surface area (Å²) in [4.78, 5) is 21.9. The van der Waals surface area contributed by atoms with E-state index in [4.69, 9.17) is 5.11 Å². The van der Waals surface area contributed by atoms with Gasteiger partial charge in [0.25, 0.3) is 0 Å². The first kappa shape index (κ1) is 14.9. The largest absolute Gasteiger partial charge is 0.478 e. The van der Waals surface area contributed by atoms with Gasteiger partial charge in [-0.25, -0.2) is 13.2 Å². The summed E-state index contributed by atoms with van der Waals surface area (Å²) in [5, 5.41) is 8.82. The van der Waals surface area contributed by atoms with Crippen LogP contribution in [0.1, 0.15) is 16.8 Å². The Hall–Kier alpha value is -1.45. The van der Waals surface area contributed by atoms with Crippen LogP contribution in [0.2, 0.25) is 0 Å². The van der Waals surface area contributed by atoms with Crippen LogP contribution in [0.5, 0.6) is 0 Å². The van der Waals surface area contributed by atoms with Crippen molar-refractivity contribution in [3.63, 3.8) is 0 Å². The molecule has 1 saturated heterocycles. The van der Waals surface area contributed by atoms with Crippen molar-refractivity contribution in [2.45, 2.75) is 17.4 Å². The molecule has 0 bridgehead atoms. The number of ether oxygens (including phenoxy) is 1. The number of carboxylic acid groups (broad SMARTS) is 1. The van der Waals surface area contributed by atoms with E-state index in [1.54, 1.807) is 0 Å². The summed E-state index contributed by atoms with van der Waals surface area (Å²) < 4.78 is 31.3. The van der Waals surface area contributed by atoms with Gasteiger partial charge in [0.2, 0.25) is 10.0 Å². The Morgan fingerprint density at radius 3 is 2.65 bits per heavy atom. The van der Waals surface area contributed by atoms with Crippen molar-refractivity contribution in [1.29, 1.82) is 0 Å². The van der Waals surface area contributed by atoms with Crippen molar-refractivity contribution < 1.29 is 27.9 Å². The molecule has 0 aromatic heterocycles. The monoisotopic (exact) mass is 363 g/mol. The Labute approximate surface area is 123 Å². The summed E-state index contributed by atoms with van der Waals surface area (Å²) >= 11 is 3.02. The van der Waals surface area contributed by atoms with Crippen LogP contribution in [0.3, 0.4) is 0 Å². The van der Waals surface area contributed by atoms with E-state index in [1.807, 2.05) is 0 Å². The van der Waals surface area contributed by atoms with Gasteiger partial charge in [-0.05, 0) is 34.1 Å². The molecule has 1 aromatic carbocycles. The molecule has 1 heterocycles. The highest BCUT2D eigenvalue weighted by Gasteiger charge is 2.32. The average molecular weight is 364 g/mol. The number of nitrogens with one attached hydrogen (secondary N) is 1. The molecule has 7 nitrogen and oxygen atoms in total. The maximum absolute atomic E-state index is 12.1. The molecule has 0 amide bonds. The minimum absolute atomic E-state index is 0.0453. The van der Waals surface area contributed by atoms with Crippen molar-refractivity contribution in [2.24, 2.45) is 0 Å². The van der Waals surface area contributed by atoms with Gasteiger partial charge in [-0.3, -0.25) is 4.79 Å². The second kappa shape index (κ2) is 5.51. The zero-order valence-corrected chi connectivity index (χ0v) is 12.4. The molecule has 0 aliphatic carbocycles. The lowest BCUT2D eigenvalue weighted by molar-refractivity contribution is -0.139. The molecule has 0 saturated carbocycles. The molecule has 2 N–H and O–H groups in total. The second-order valence-corrected chi connectivity index (χ2v) is 6.62. The van der Waals surface area contributed by atoms with Crippen LogP contribution in [-0.4, -0.2) is 38.1 Å². The summed E-state index contributed by atoms with van der Waals surface area (Å²) in [6, 6.07) is 2.61. The molecular formula is C11H10BrNO6S. The highest BCUT2D eigenvalue weighted by atomic mass is 79.9. The predicted octanol–water partition coefficient (Wildman–Crippen LogP) is 0.741. The zero-order chi connectivity index (χ0) is 14.9. The van der Waals surface area contributed by atoms with Crippen LogP contribution in [0, 0.1) is 0 Å². The van der Waals surface area contributed by atoms with E-state index in [2.05, 4.69) is 25.4 Å². The number of hydrogen-bond acceptors (Lipinski definition) is 5. The van der Waals surface area contributed by atoms with Gasteiger partial charge in [-0.15, -0.1) is 0 Å². The van der Waals surface area contributed by atoms with Gasteiger partial charge in [-0.2, -0.15) is 4.72 Å². The fourth-order valence-corrected chi connectivity index (χ4v) is 4.00. The number of aromatic carboxylic acids is 1. The highest BCUT2D eigenvalue weighted by Crippen LogP contribution is 2.24. The van der Waals surface area contributed by atoms with Gasteiger partial charge in [0, 0.05) is 10.9 Å². The van der Waals surface area contributed by atoms with Crippen LogP contribution in [0.25, 0.3) is 0 Å². The maximum atomic E-state index is 12.1. The minimum Gasteiger partial charge on any atom is -0.478 e. The number of carbonyl (C=O) groups is 2. The summed E-state index contributed by atoms with van der Waals surface area (Å²) in [5.41, 5.74) is -0.0453. The lowest BCUT2D eigenvalue weighted by atomic mass is 10.2. The standard InChI is InChI=1S/C11H10BrNO6S/c12-7-5-6(10(14)15)1-2-9(7)20(17,18)13-8-3-4-19-11(8)16/h1-2,5,8,13H,3-4H2,(H,14,15). The van der Waals surface area contributed by atoms with E-state index >= 15 is 0 Å². The van der Waals surface area contributed by atoms with E-state index in [0.29, 0.717) is 0 Å². The molecule has 1 aromatic rings. The van der Waals surface area contributed by atoms with Crippen molar-refractivity contribution in [2.75, 3.05) is 6.61 Å². The molecule has 1 fully saturated rings. The van der Waals surface area contributed by atoms with Crippen molar-refractivity contribution >= 4 is 37.9 Å². The first-order valence-electron chi connectivity index (χ1n) is 5.53. The Bertz CT molecular complexity index is 671. The van der Waals surface area contributed by atoms with E-state index in [1.165, 1.54) is 12.1 Å². The smallest absolute Gasteiger partial charge is 0.335 e. The summed E-state index contributed by atoms with van der Waals surface area (Å²) in [5.74, 6) is -1.78. The third-order valence-corrected chi connectivity index (χ3v) is 5.15. The number of carbonyl (C=O) groups excluding carboxylic acids is 1. The Balaban J connectivity index is 2.30. The number of cyclic esters (lactones) is 1. The van der Waals surface area contributed by atoms with E-state index in [9.17, 15) is 18.0 Å². The molecule has 1 atom stereocenters. The Morgan fingerprint density at radius 2 is 2.15 bits per heavy atom. The maximum Gasteiger partial charge on any atom is 0.335 e. The van der Waals surface area contributed by atoms with Crippen molar-refractivity contribution in [3.05, 3.63) is 28.2 Å². The first-order valence-corrected chi connectivity index (χ1v) is 7.81. The van der Waals surface area contributed by atoms with Crippen LogP contribution in [0.15, 0.2) is 27.6 Å². The number of sulfonamides is 1. The number of hydrogen-bond donors (Lipinski definition) is 2. The number of rotatable bonds is 4. The highest BCUT2D eigenvalue weighted by molar-refractivity contribution is 9.10. The molecule has 2 rings (SSSR count). The van der Waals surface area contributed by atoms with Gasteiger partial charge in [0.05, 0.1) is 17.1 Å². The van der Waals surface area contributed by atoms with E-state index in [-0.39, 0.29) is 28.0 Å². The SMILES string of the molecule is O=C(O)c1ccc(S(=O)(=O)NC2CCOC2=O)c(Br)c1. The van der Waals surface area contributed by atoms with Gasteiger partial charge in [0.15, 0.2) is 0 Å². The van der Waals surface area contributed by atoms with Crippen molar-refractivity contribution in [1.82, 2.24) is 4.72 Å². The fourth-order valence-electron chi connectivity index (χ4n) is 1.71. The first-order chi connectivity index (χ1) is 9.31. The third-order valence-electron chi connectivity index (χ3n) is 2.70. The van der Waals surface area contributed by atoms with Crippen molar-refractivity contribution in [3.8, 4) is 0 Å². The normalized spacial score (nSPS) is 18.9. The molecule has 108 valence electrons. The van der Waals surface area contributed by atoms with E-state index < -0.39 is 28.0 Å². The predicted molar refractivity (Wildman–Crippen MR) is 70.8 cm³/mol. The molecule has 1 aliphatic heterocycles. The third kappa shape index (κ3) is 3.00. The number of halogens is 1. The van der Waals surface area contributed by atoms with Crippen LogP contribution in [-0.2, 0) is 19.6 Å². The van der Waals surface area contributed by atoms with Crippen LogP contribution >= 0.6 is 15.9 Å². The summed E-state index contributed by atoms with van der Waals surface area (Å²) in [6.07, 6.45) is 0.267. The number of carboxylic acids is 1. The molecule has 20 heavy (non-hydrogen) atoms. The molecule has 1 aliphatic rings. The molecular weight excluding hydrogens is 354 g/mol. The van der Waals surface area contributed by atoms with Gasteiger partial charge in [0.1, 0.15) is 6.04 Å². The van der Waals surface area contributed by atoms with Gasteiger partial charge in [-0.1, -0.05) is 0 Å². The Kier molecular flexibility index (Phi) is 4.11. The molecule has 9 heteroatoms. The molecule has 0 spiro atoms. The molecule has 0 radical (unpaired) electrons. The quantitative estimate of drug-likeness (QED) is 0.763. The number of benzene rings is 1. The van der Waals surface area contributed by atoms with E-state index in [0.717, 1.165) is 6.07 Å². The average Bonchev–Trinajstić information content (AvgIpc) is 2.73. The lowest BCUT2D eigenvalue weighted by Gasteiger charge is -2.11. The van der Waals surface area contributed by atoms with Crippen LogP contribution < -0.4 is 4.72 Å². The summed E-state index contributed by atoms with van der Waals surface area (Å²) in [7, 11) is -3.94. The lowest BCUT2D eigenvalue weighted by Crippen LogP contribution is -2.38. The molecule has 1 unspecified atom stereocenters. The fraction of sp³-hybridized carbons (Fsp3) is 0.273. The van der Waals surface area contributed by atoms with Crippen LogP contribution in [0.4, 0.5) is 0 Å². The van der Waals surface area contributed by atoms with Gasteiger partial charge < -0.3 is 9.84 Å². The minimum atomic E-state index is -3.94. The summed E-state index contributed by atoms with van der Waals surface area (Å²) in [6.45, 7) is 0.172. The second-order valence-electron chi connectivity index (χ2n) is 4.08. The Morgan fingerprint density at radius 1 is 1.45 bits per heavy atom. The van der Waals surface area contributed by atoms with Gasteiger partial charge >= 0.3 is 11.9 Å².